The Kier molecular flexibility index (Phi) is 3.23. The third-order valence-electron chi connectivity index (χ3n) is 3.24. The second kappa shape index (κ2) is 4.68. The zero-order valence-corrected chi connectivity index (χ0v) is 10.6. The number of aryl methyl sites for hydroxylation is 1. The van der Waals surface area contributed by atoms with Crippen LogP contribution < -0.4 is 11.1 Å². The van der Waals surface area contributed by atoms with Crippen molar-refractivity contribution in [3.63, 3.8) is 0 Å². The molecule has 0 saturated carbocycles. The fourth-order valence-corrected chi connectivity index (χ4v) is 2.14. The molecular weight excluding hydrogens is 230 g/mol. The number of carbonyl (C=O) groups is 2. The molecule has 1 aromatic rings. The number of benzene rings is 1. The number of piperazine rings is 1. The van der Waals surface area contributed by atoms with Crippen molar-refractivity contribution >= 4 is 17.5 Å². The van der Waals surface area contributed by atoms with Gasteiger partial charge in [-0.25, -0.2) is 0 Å². The fourth-order valence-electron chi connectivity index (χ4n) is 2.14. The van der Waals surface area contributed by atoms with Crippen molar-refractivity contribution in [3.8, 4) is 0 Å². The van der Waals surface area contributed by atoms with Crippen molar-refractivity contribution in [1.82, 2.24) is 10.2 Å². The first-order valence-electron chi connectivity index (χ1n) is 5.95. The largest absolute Gasteiger partial charge is 0.399 e. The second-order valence-electron chi connectivity index (χ2n) is 4.54. The van der Waals surface area contributed by atoms with Crippen LogP contribution in [0.15, 0.2) is 18.2 Å². The molecule has 1 aromatic carbocycles. The van der Waals surface area contributed by atoms with Crippen LogP contribution >= 0.6 is 0 Å². The van der Waals surface area contributed by atoms with E-state index in [9.17, 15) is 9.59 Å². The third-order valence-corrected chi connectivity index (χ3v) is 3.24. The molecule has 0 aromatic heterocycles. The van der Waals surface area contributed by atoms with Crippen molar-refractivity contribution in [3.05, 3.63) is 29.3 Å². The van der Waals surface area contributed by atoms with Gasteiger partial charge in [0.05, 0.1) is 0 Å². The number of hydrogen-bond acceptors (Lipinski definition) is 3. The molecule has 2 rings (SSSR count). The zero-order valence-electron chi connectivity index (χ0n) is 10.6. The third kappa shape index (κ3) is 2.16. The first kappa shape index (κ1) is 12.4. The first-order valence-corrected chi connectivity index (χ1v) is 5.95. The van der Waals surface area contributed by atoms with Crippen LogP contribution in [0.3, 0.4) is 0 Å². The van der Waals surface area contributed by atoms with Crippen LogP contribution in [0.5, 0.6) is 0 Å². The molecule has 5 nitrogen and oxygen atoms in total. The number of nitrogens with one attached hydrogen (secondary N) is 1. The Bertz CT molecular complexity index is 499. The highest BCUT2D eigenvalue weighted by molar-refractivity contribution is 5.99. The van der Waals surface area contributed by atoms with E-state index in [1.165, 1.54) is 0 Å². The quantitative estimate of drug-likeness (QED) is 0.711. The molecule has 0 bridgehead atoms. The van der Waals surface area contributed by atoms with Gasteiger partial charge in [-0.15, -0.1) is 0 Å². The van der Waals surface area contributed by atoms with E-state index >= 15 is 0 Å². The molecule has 1 fully saturated rings. The maximum absolute atomic E-state index is 12.4. The molecule has 3 N–H and O–H groups in total. The van der Waals surface area contributed by atoms with Gasteiger partial charge < -0.3 is 16.0 Å². The van der Waals surface area contributed by atoms with Gasteiger partial charge in [0.15, 0.2) is 0 Å². The monoisotopic (exact) mass is 247 g/mol. The molecule has 18 heavy (non-hydrogen) atoms. The lowest BCUT2D eigenvalue weighted by Gasteiger charge is -2.33. The minimum Gasteiger partial charge on any atom is -0.399 e. The number of nitrogen functional groups attached to an aromatic ring is 1. The zero-order chi connectivity index (χ0) is 13.3. The fraction of sp³-hybridized carbons (Fsp3) is 0.385. The van der Waals surface area contributed by atoms with Crippen LogP contribution in [0.1, 0.15) is 22.8 Å². The molecule has 96 valence electrons. The molecule has 2 amide bonds. The molecule has 0 radical (unpaired) electrons. The molecule has 1 aliphatic rings. The standard InChI is InChI=1S/C13H17N3O2/c1-8-7-10(14)3-4-11(8)13(18)16-6-5-15-12(17)9(16)2/h3-4,7,9H,5-6,14H2,1-2H3,(H,15,17). The lowest BCUT2D eigenvalue weighted by molar-refractivity contribution is -0.127. The number of amides is 2. The van der Waals surface area contributed by atoms with E-state index in [0.29, 0.717) is 24.3 Å². The molecule has 0 spiro atoms. The van der Waals surface area contributed by atoms with Gasteiger partial charge in [-0.05, 0) is 37.6 Å². The smallest absolute Gasteiger partial charge is 0.254 e. The van der Waals surface area contributed by atoms with E-state index in [0.717, 1.165) is 5.56 Å². The van der Waals surface area contributed by atoms with Crippen LogP contribution in [0.2, 0.25) is 0 Å². The van der Waals surface area contributed by atoms with Crippen molar-refractivity contribution in [2.75, 3.05) is 18.8 Å². The normalized spacial score (nSPS) is 19.6. The lowest BCUT2D eigenvalue weighted by Crippen LogP contribution is -2.55. The van der Waals surface area contributed by atoms with Crippen molar-refractivity contribution in [2.24, 2.45) is 0 Å². The van der Waals surface area contributed by atoms with E-state index in [1.54, 1.807) is 30.0 Å². The second-order valence-corrected chi connectivity index (χ2v) is 4.54. The number of hydrogen-bond donors (Lipinski definition) is 2. The maximum atomic E-state index is 12.4. The van der Waals surface area contributed by atoms with Crippen molar-refractivity contribution in [2.45, 2.75) is 19.9 Å². The Balaban J connectivity index is 2.28. The summed E-state index contributed by atoms with van der Waals surface area (Å²) in [6.07, 6.45) is 0. The van der Waals surface area contributed by atoms with Gasteiger partial charge >= 0.3 is 0 Å². The Hall–Kier alpha value is -2.04. The maximum Gasteiger partial charge on any atom is 0.254 e. The highest BCUT2D eigenvalue weighted by Gasteiger charge is 2.30. The number of carbonyl (C=O) groups excluding carboxylic acids is 2. The molecule has 0 aliphatic carbocycles. The van der Waals surface area contributed by atoms with Crippen LogP contribution in [-0.2, 0) is 4.79 Å². The Labute approximate surface area is 106 Å². The molecule has 5 heteroatoms. The summed E-state index contributed by atoms with van der Waals surface area (Å²) in [5.41, 5.74) is 7.73. The van der Waals surface area contributed by atoms with Gasteiger partial charge in [0.25, 0.3) is 5.91 Å². The summed E-state index contributed by atoms with van der Waals surface area (Å²) < 4.78 is 0. The average molecular weight is 247 g/mol. The molecule has 1 atom stereocenters. The van der Waals surface area contributed by atoms with Crippen LogP contribution in [-0.4, -0.2) is 35.8 Å². The SMILES string of the molecule is Cc1cc(N)ccc1C(=O)N1CCNC(=O)C1C. The number of rotatable bonds is 1. The van der Waals surface area contributed by atoms with Gasteiger partial charge in [0, 0.05) is 24.3 Å². The molecule has 1 heterocycles. The van der Waals surface area contributed by atoms with Gasteiger partial charge in [0.1, 0.15) is 6.04 Å². The molecule has 1 aliphatic heterocycles. The summed E-state index contributed by atoms with van der Waals surface area (Å²) in [4.78, 5) is 25.5. The number of nitrogens with zero attached hydrogens (tertiary/aromatic N) is 1. The number of nitrogens with two attached hydrogens (primary N) is 1. The summed E-state index contributed by atoms with van der Waals surface area (Å²) in [7, 11) is 0. The van der Waals surface area contributed by atoms with E-state index in [2.05, 4.69) is 5.32 Å². The lowest BCUT2D eigenvalue weighted by atomic mass is 10.0. The van der Waals surface area contributed by atoms with Gasteiger partial charge in [-0.2, -0.15) is 0 Å². The van der Waals surface area contributed by atoms with E-state index < -0.39 is 6.04 Å². The van der Waals surface area contributed by atoms with Crippen molar-refractivity contribution < 1.29 is 9.59 Å². The molecule has 1 saturated heterocycles. The Morgan fingerprint density at radius 2 is 2.22 bits per heavy atom. The van der Waals surface area contributed by atoms with Crippen LogP contribution in [0.4, 0.5) is 5.69 Å². The van der Waals surface area contributed by atoms with Crippen molar-refractivity contribution in [1.29, 1.82) is 0 Å². The Morgan fingerprint density at radius 1 is 1.50 bits per heavy atom. The van der Waals surface area contributed by atoms with E-state index in [4.69, 9.17) is 5.73 Å². The highest BCUT2D eigenvalue weighted by atomic mass is 16.2. The summed E-state index contributed by atoms with van der Waals surface area (Å²) in [6, 6.07) is 4.76. The topological polar surface area (TPSA) is 75.4 Å². The first-order chi connectivity index (χ1) is 8.50. The van der Waals surface area contributed by atoms with E-state index in [1.807, 2.05) is 6.92 Å². The summed E-state index contributed by atoms with van der Waals surface area (Å²) in [5.74, 6) is -0.224. The summed E-state index contributed by atoms with van der Waals surface area (Å²) in [6.45, 7) is 4.62. The van der Waals surface area contributed by atoms with Crippen LogP contribution in [0.25, 0.3) is 0 Å². The summed E-state index contributed by atoms with van der Waals surface area (Å²) >= 11 is 0. The molecular formula is C13H17N3O2. The predicted molar refractivity (Wildman–Crippen MR) is 69.1 cm³/mol. The minimum atomic E-state index is -0.428. The summed E-state index contributed by atoms with van der Waals surface area (Å²) in [5, 5.41) is 2.74. The minimum absolute atomic E-state index is 0.109. The number of anilines is 1. The van der Waals surface area contributed by atoms with Gasteiger partial charge in [-0.3, -0.25) is 9.59 Å². The predicted octanol–water partition coefficient (Wildman–Crippen LogP) is 0.538. The molecule has 1 unspecified atom stereocenters. The van der Waals surface area contributed by atoms with Crippen LogP contribution in [0, 0.1) is 6.92 Å². The van der Waals surface area contributed by atoms with Gasteiger partial charge in [-0.1, -0.05) is 0 Å². The van der Waals surface area contributed by atoms with E-state index in [-0.39, 0.29) is 11.8 Å². The average Bonchev–Trinajstić information content (AvgIpc) is 2.32. The Morgan fingerprint density at radius 3 is 2.89 bits per heavy atom. The van der Waals surface area contributed by atoms with Gasteiger partial charge in [0.2, 0.25) is 5.91 Å². The highest BCUT2D eigenvalue weighted by Crippen LogP contribution is 2.17.